The van der Waals surface area contributed by atoms with E-state index in [4.69, 9.17) is 4.74 Å². The maximum absolute atomic E-state index is 12.3. The van der Waals surface area contributed by atoms with Crippen molar-refractivity contribution in [3.05, 3.63) is 28.2 Å². The van der Waals surface area contributed by atoms with E-state index in [2.05, 4.69) is 43.6 Å². The van der Waals surface area contributed by atoms with Crippen LogP contribution in [-0.4, -0.2) is 12.4 Å². The van der Waals surface area contributed by atoms with Gasteiger partial charge in [0.1, 0.15) is 5.75 Å². The Hall–Kier alpha value is -0.830. The Morgan fingerprint density at radius 2 is 2.00 bits per heavy atom. The molecule has 0 heterocycles. The number of ether oxygens (including phenoxy) is 1. The van der Waals surface area contributed by atoms with Gasteiger partial charge in [-0.05, 0) is 52.4 Å². The second kappa shape index (κ2) is 6.56. The zero-order chi connectivity index (χ0) is 14.6. The van der Waals surface area contributed by atoms with Gasteiger partial charge in [0.05, 0.1) is 11.1 Å². The Kier molecular flexibility index (Phi) is 5.60. The van der Waals surface area contributed by atoms with Gasteiger partial charge in [0.15, 0.2) is 5.78 Å². The lowest BCUT2D eigenvalue weighted by Crippen LogP contribution is -2.20. The molecule has 106 valence electrons. The van der Waals surface area contributed by atoms with Crippen LogP contribution < -0.4 is 4.74 Å². The molecule has 0 aromatic heterocycles. The van der Waals surface area contributed by atoms with Gasteiger partial charge >= 0.3 is 0 Å². The Labute approximate surface area is 124 Å². The summed E-state index contributed by atoms with van der Waals surface area (Å²) >= 11 is 3.44. The molecule has 0 aliphatic carbocycles. The number of rotatable bonds is 5. The molecule has 0 saturated carbocycles. The smallest absolute Gasteiger partial charge is 0.163 e. The molecule has 19 heavy (non-hydrogen) atoms. The van der Waals surface area contributed by atoms with Crippen LogP contribution in [0.2, 0.25) is 0 Å². The van der Waals surface area contributed by atoms with Gasteiger partial charge in [-0.1, -0.05) is 27.7 Å². The number of hydrogen-bond acceptors (Lipinski definition) is 2. The van der Waals surface area contributed by atoms with Crippen LogP contribution in [-0.2, 0) is 0 Å². The van der Waals surface area contributed by atoms with Gasteiger partial charge in [0.2, 0.25) is 0 Å². The molecule has 1 aromatic rings. The van der Waals surface area contributed by atoms with Gasteiger partial charge in [-0.2, -0.15) is 0 Å². The van der Waals surface area contributed by atoms with Crippen molar-refractivity contribution in [3.63, 3.8) is 0 Å². The van der Waals surface area contributed by atoms with E-state index in [9.17, 15) is 4.79 Å². The van der Waals surface area contributed by atoms with Crippen molar-refractivity contribution in [2.75, 3.05) is 6.61 Å². The summed E-state index contributed by atoms with van der Waals surface area (Å²) in [4.78, 5) is 12.3. The van der Waals surface area contributed by atoms with Crippen LogP contribution in [0.5, 0.6) is 5.75 Å². The van der Waals surface area contributed by atoms with Gasteiger partial charge in [-0.15, -0.1) is 0 Å². The summed E-state index contributed by atoms with van der Waals surface area (Å²) in [5, 5.41) is 0. The molecule has 0 spiro atoms. The van der Waals surface area contributed by atoms with Crippen LogP contribution in [0, 0.1) is 11.3 Å². The van der Waals surface area contributed by atoms with Crippen LogP contribution in [0.4, 0.5) is 0 Å². The molecule has 2 nitrogen and oxygen atoms in total. The number of Topliss-reactive ketones (excluding diaryl/α,β-unsaturated/α-hetero) is 1. The summed E-state index contributed by atoms with van der Waals surface area (Å²) in [6.07, 6.45) is 0.573. The molecule has 1 unspecified atom stereocenters. The first kappa shape index (κ1) is 16.2. The van der Waals surface area contributed by atoms with Crippen molar-refractivity contribution < 1.29 is 9.53 Å². The molecule has 3 heteroatoms. The van der Waals surface area contributed by atoms with Crippen LogP contribution in [0.25, 0.3) is 0 Å². The monoisotopic (exact) mass is 326 g/mol. The second-order valence-electron chi connectivity index (χ2n) is 5.97. The average Bonchev–Trinajstić information content (AvgIpc) is 2.30. The highest BCUT2D eigenvalue weighted by atomic mass is 79.9. The number of ketones is 1. The van der Waals surface area contributed by atoms with Gasteiger partial charge in [0.25, 0.3) is 0 Å². The first-order valence-electron chi connectivity index (χ1n) is 6.71. The van der Waals surface area contributed by atoms with Crippen molar-refractivity contribution in [3.8, 4) is 5.75 Å². The molecule has 1 rings (SSSR count). The molecule has 0 fully saturated rings. The van der Waals surface area contributed by atoms with Crippen molar-refractivity contribution in [2.45, 2.75) is 41.0 Å². The highest BCUT2D eigenvalue weighted by Gasteiger charge is 2.23. The third kappa shape index (κ3) is 4.64. The number of carbonyl (C=O) groups is 1. The Bertz CT molecular complexity index is 447. The largest absolute Gasteiger partial charge is 0.493 e. The highest BCUT2D eigenvalue weighted by Crippen LogP contribution is 2.31. The normalized spacial score (nSPS) is 13.2. The van der Waals surface area contributed by atoms with Crippen LogP contribution >= 0.6 is 15.9 Å². The van der Waals surface area contributed by atoms with E-state index in [0.29, 0.717) is 18.9 Å². The van der Waals surface area contributed by atoms with E-state index in [0.717, 1.165) is 15.8 Å². The zero-order valence-electron chi connectivity index (χ0n) is 12.4. The van der Waals surface area contributed by atoms with Crippen LogP contribution in [0.15, 0.2) is 22.7 Å². The number of carbonyl (C=O) groups excluding carboxylic acids is 1. The lowest BCUT2D eigenvalue weighted by Gasteiger charge is -2.26. The molecule has 1 aromatic carbocycles. The SMILES string of the molecule is CCOc1ccc(C(=O)CC(C)C(C)(C)C)cc1Br. The molecular weight excluding hydrogens is 304 g/mol. The van der Waals surface area contributed by atoms with E-state index in [1.807, 2.05) is 25.1 Å². The predicted molar refractivity (Wildman–Crippen MR) is 82.9 cm³/mol. The fourth-order valence-corrected chi connectivity index (χ4v) is 2.14. The Morgan fingerprint density at radius 3 is 2.47 bits per heavy atom. The van der Waals surface area contributed by atoms with E-state index in [1.165, 1.54) is 0 Å². The summed E-state index contributed by atoms with van der Waals surface area (Å²) in [6, 6.07) is 5.54. The fourth-order valence-electron chi connectivity index (χ4n) is 1.65. The summed E-state index contributed by atoms with van der Waals surface area (Å²) < 4.78 is 6.29. The maximum Gasteiger partial charge on any atom is 0.163 e. The highest BCUT2D eigenvalue weighted by molar-refractivity contribution is 9.10. The number of benzene rings is 1. The third-order valence-corrected chi connectivity index (χ3v) is 4.14. The quantitative estimate of drug-likeness (QED) is 0.703. The van der Waals surface area contributed by atoms with E-state index >= 15 is 0 Å². The van der Waals surface area contributed by atoms with Crippen molar-refractivity contribution >= 4 is 21.7 Å². The van der Waals surface area contributed by atoms with Crippen molar-refractivity contribution in [1.82, 2.24) is 0 Å². The number of halogens is 1. The zero-order valence-corrected chi connectivity index (χ0v) is 14.0. The first-order valence-corrected chi connectivity index (χ1v) is 7.50. The van der Waals surface area contributed by atoms with E-state index in [-0.39, 0.29) is 11.2 Å². The summed E-state index contributed by atoms with van der Waals surface area (Å²) in [7, 11) is 0. The molecular formula is C16H23BrO2. The van der Waals surface area contributed by atoms with Gasteiger partial charge in [-0.25, -0.2) is 0 Å². The van der Waals surface area contributed by atoms with Gasteiger partial charge in [-0.3, -0.25) is 4.79 Å². The summed E-state index contributed by atoms with van der Waals surface area (Å²) in [5.41, 5.74) is 0.893. The van der Waals surface area contributed by atoms with Crippen molar-refractivity contribution in [2.24, 2.45) is 11.3 Å². The molecule has 0 N–H and O–H groups in total. The Balaban J connectivity index is 2.81. The number of hydrogen-bond donors (Lipinski definition) is 0. The van der Waals surface area contributed by atoms with Gasteiger partial charge in [0, 0.05) is 12.0 Å². The van der Waals surface area contributed by atoms with Crippen molar-refractivity contribution in [1.29, 1.82) is 0 Å². The van der Waals surface area contributed by atoms with Crippen LogP contribution in [0.3, 0.4) is 0 Å². The van der Waals surface area contributed by atoms with E-state index < -0.39 is 0 Å². The minimum absolute atomic E-state index is 0.151. The average molecular weight is 327 g/mol. The topological polar surface area (TPSA) is 26.3 Å². The lowest BCUT2D eigenvalue weighted by molar-refractivity contribution is 0.0927. The van der Waals surface area contributed by atoms with Gasteiger partial charge < -0.3 is 4.74 Å². The molecule has 0 radical (unpaired) electrons. The molecule has 1 atom stereocenters. The Morgan fingerprint density at radius 1 is 1.37 bits per heavy atom. The summed E-state index contributed by atoms with van der Waals surface area (Å²) in [5.74, 6) is 1.32. The first-order chi connectivity index (χ1) is 8.75. The third-order valence-electron chi connectivity index (χ3n) is 3.52. The second-order valence-corrected chi connectivity index (χ2v) is 6.83. The molecule has 0 aliphatic rings. The maximum atomic E-state index is 12.3. The predicted octanol–water partition coefficient (Wildman–Crippen LogP) is 5.10. The molecule has 0 aliphatic heterocycles. The van der Waals surface area contributed by atoms with Crippen LogP contribution in [0.1, 0.15) is 51.4 Å². The minimum Gasteiger partial charge on any atom is -0.493 e. The lowest BCUT2D eigenvalue weighted by atomic mass is 9.78. The molecule has 0 saturated heterocycles. The molecule has 0 bridgehead atoms. The van der Waals surface area contributed by atoms with E-state index in [1.54, 1.807) is 0 Å². The summed E-state index contributed by atoms with van der Waals surface area (Å²) in [6.45, 7) is 11.2. The molecule has 0 amide bonds. The standard InChI is InChI=1S/C16H23BrO2/c1-6-19-15-8-7-12(10-13(15)17)14(18)9-11(2)16(3,4)5/h7-8,10-11H,6,9H2,1-5H3. The fraction of sp³-hybridized carbons (Fsp3) is 0.562. The minimum atomic E-state index is 0.151.